The topological polar surface area (TPSA) is 59.1 Å². The average Bonchev–Trinajstić information content (AvgIpc) is 2.48. The molecule has 0 amide bonds. The molecule has 0 radical (unpaired) electrons. The van der Waals surface area contributed by atoms with Crippen LogP contribution in [0.3, 0.4) is 0 Å². The highest BCUT2D eigenvalue weighted by molar-refractivity contribution is 5.64. The Morgan fingerprint density at radius 2 is 1.96 bits per heavy atom. The number of para-hydroxylation sites is 2. The quantitative estimate of drug-likeness (QED) is 0.757. The number of nitrogens with zero attached hydrogens (tertiary/aromatic N) is 2. The number of aromatic nitrogens is 2. The van der Waals surface area contributed by atoms with Crippen LogP contribution in [-0.2, 0) is 0 Å². The molecule has 1 heterocycles. The van der Waals surface area contributed by atoms with Gasteiger partial charge < -0.3 is 15.4 Å². The molecule has 2 rings (SSSR count). The molecule has 0 saturated heterocycles. The molecule has 0 atom stereocenters. The summed E-state index contributed by atoms with van der Waals surface area (Å²) in [7, 11) is 0. The first-order valence-corrected chi connectivity index (χ1v) is 8.17. The third-order valence-electron chi connectivity index (χ3n) is 3.31. The average molecular weight is 314 g/mol. The summed E-state index contributed by atoms with van der Waals surface area (Å²) in [4.78, 5) is 8.98. The lowest BCUT2D eigenvalue weighted by atomic mass is 10.1. The number of rotatable bonds is 8. The first kappa shape index (κ1) is 17.1. The fourth-order valence-corrected chi connectivity index (χ4v) is 2.17. The van der Waals surface area contributed by atoms with Crippen LogP contribution < -0.4 is 15.4 Å². The van der Waals surface area contributed by atoms with Crippen LogP contribution in [0.1, 0.15) is 32.9 Å². The first-order valence-electron chi connectivity index (χ1n) is 8.17. The minimum absolute atomic E-state index is 0.628. The van der Waals surface area contributed by atoms with E-state index in [1.807, 2.05) is 44.2 Å². The fraction of sp³-hybridized carbons (Fsp3) is 0.444. The van der Waals surface area contributed by atoms with E-state index in [4.69, 9.17) is 4.74 Å². The van der Waals surface area contributed by atoms with Crippen LogP contribution in [0.15, 0.2) is 30.3 Å². The Hall–Kier alpha value is -2.30. The van der Waals surface area contributed by atoms with Gasteiger partial charge >= 0.3 is 0 Å². The SMILES string of the molecule is CCOc1ccccc1Nc1cc(C)nc(NCCC(C)C)n1. The molecule has 0 spiro atoms. The van der Waals surface area contributed by atoms with Gasteiger partial charge in [0.2, 0.25) is 5.95 Å². The van der Waals surface area contributed by atoms with Crippen LogP contribution in [0.25, 0.3) is 0 Å². The number of anilines is 3. The molecular weight excluding hydrogens is 288 g/mol. The Labute approximate surface area is 138 Å². The highest BCUT2D eigenvalue weighted by atomic mass is 16.5. The molecule has 1 aromatic carbocycles. The van der Waals surface area contributed by atoms with Crippen LogP contribution >= 0.6 is 0 Å². The van der Waals surface area contributed by atoms with E-state index in [9.17, 15) is 0 Å². The van der Waals surface area contributed by atoms with Crippen molar-refractivity contribution in [2.45, 2.75) is 34.1 Å². The van der Waals surface area contributed by atoms with E-state index in [0.717, 1.165) is 35.9 Å². The zero-order valence-electron chi connectivity index (χ0n) is 14.4. The summed E-state index contributed by atoms with van der Waals surface area (Å²) in [6, 6.07) is 9.79. The summed E-state index contributed by atoms with van der Waals surface area (Å²) in [5.41, 5.74) is 1.82. The second kappa shape index (κ2) is 8.36. The molecule has 0 bridgehead atoms. The van der Waals surface area contributed by atoms with Crippen molar-refractivity contribution in [3.05, 3.63) is 36.0 Å². The molecule has 0 aliphatic carbocycles. The van der Waals surface area contributed by atoms with Gasteiger partial charge in [-0.2, -0.15) is 4.98 Å². The van der Waals surface area contributed by atoms with Crippen molar-refractivity contribution in [1.29, 1.82) is 0 Å². The van der Waals surface area contributed by atoms with Crippen LogP contribution in [0.2, 0.25) is 0 Å². The van der Waals surface area contributed by atoms with E-state index in [0.29, 0.717) is 18.5 Å². The Morgan fingerprint density at radius 1 is 1.17 bits per heavy atom. The van der Waals surface area contributed by atoms with Gasteiger partial charge in [0.1, 0.15) is 11.6 Å². The molecule has 23 heavy (non-hydrogen) atoms. The number of ether oxygens (including phenoxy) is 1. The molecule has 0 aliphatic rings. The van der Waals surface area contributed by atoms with Gasteiger partial charge in [-0.1, -0.05) is 26.0 Å². The van der Waals surface area contributed by atoms with Crippen molar-refractivity contribution in [3.63, 3.8) is 0 Å². The van der Waals surface area contributed by atoms with E-state index in [1.165, 1.54) is 0 Å². The van der Waals surface area contributed by atoms with Crippen molar-refractivity contribution in [2.75, 3.05) is 23.8 Å². The monoisotopic (exact) mass is 314 g/mol. The van der Waals surface area contributed by atoms with Gasteiger partial charge in [-0.25, -0.2) is 4.98 Å². The van der Waals surface area contributed by atoms with Crippen LogP contribution in [-0.4, -0.2) is 23.1 Å². The van der Waals surface area contributed by atoms with Crippen LogP contribution in [0.5, 0.6) is 5.75 Å². The zero-order valence-corrected chi connectivity index (χ0v) is 14.4. The minimum atomic E-state index is 0.628. The number of hydrogen-bond donors (Lipinski definition) is 2. The Kier molecular flexibility index (Phi) is 6.20. The van der Waals surface area contributed by atoms with Crippen molar-refractivity contribution < 1.29 is 4.74 Å². The first-order chi connectivity index (χ1) is 11.1. The van der Waals surface area contributed by atoms with Gasteiger partial charge in [0.25, 0.3) is 0 Å². The lowest BCUT2D eigenvalue weighted by Gasteiger charge is -2.13. The van der Waals surface area contributed by atoms with Crippen molar-refractivity contribution in [3.8, 4) is 5.75 Å². The standard InChI is InChI=1S/C18H26N4O/c1-5-23-16-9-7-6-8-15(16)21-17-12-14(4)20-18(22-17)19-11-10-13(2)3/h6-9,12-13H,5,10-11H2,1-4H3,(H2,19,20,21,22). The van der Waals surface area contributed by atoms with Crippen molar-refractivity contribution in [1.82, 2.24) is 9.97 Å². The summed E-state index contributed by atoms with van der Waals surface area (Å²) in [5.74, 6) is 2.89. The molecule has 2 aromatic rings. The summed E-state index contributed by atoms with van der Waals surface area (Å²) < 4.78 is 5.64. The van der Waals surface area contributed by atoms with E-state index < -0.39 is 0 Å². The molecule has 2 N–H and O–H groups in total. The maximum Gasteiger partial charge on any atom is 0.224 e. The normalized spacial score (nSPS) is 10.7. The van der Waals surface area contributed by atoms with Gasteiger partial charge in [-0.15, -0.1) is 0 Å². The molecule has 5 nitrogen and oxygen atoms in total. The number of hydrogen-bond acceptors (Lipinski definition) is 5. The second-order valence-corrected chi connectivity index (χ2v) is 5.88. The van der Waals surface area contributed by atoms with Crippen molar-refractivity contribution in [2.24, 2.45) is 5.92 Å². The van der Waals surface area contributed by atoms with Crippen LogP contribution in [0.4, 0.5) is 17.5 Å². The molecule has 0 unspecified atom stereocenters. The van der Waals surface area contributed by atoms with Gasteiger partial charge in [0.05, 0.1) is 12.3 Å². The predicted octanol–water partition coefficient (Wildman–Crippen LogP) is 4.39. The van der Waals surface area contributed by atoms with Gasteiger partial charge in [0, 0.05) is 18.3 Å². The highest BCUT2D eigenvalue weighted by Gasteiger charge is 2.06. The lowest BCUT2D eigenvalue weighted by molar-refractivity contribution is 0.342. The third-order valence-corrected chi connectivity index (χ3v) is 3.31. The van der Waals surface area contributed by atoms with Crippen molar-refractivity contribution >= 4 is 17.5 Å². The summed E-state index contributed by atoms with van der Waals surface area (Å²) in [5, 5.41) is 6.61. The summed E-state index contributed by atoms with van der Waals surface area (Å²) >= 11 is 0. The minimum Gasteiger partial charge on any atom is -0.492 e. The maximum atomic E-state index is 5.64. The number of nitrogens with one attached hydrogen (secondary N) is 2. The fourth-order valence-electron chi connectivity index (χ4n) is 2.17. The Bertz CT molecular complexity index is 628. The smallest absolute Gasteiger partial charge is 0.224 e. The van der Waals surface area contributed by atoms with Crippen LogP contribution in [0, 0.1) is 12.8 Å². The summed E-state index contributed by atoms with van der Waals surface area (Å²) in [6.07, 6.45) is 1.09. The molecule has 5 heteroatoms. The van der Waals surface area contributed by atoms with E-state index in [-0.39, 0.29) is 0 Å². The van der Waals surface area contributed by atoms with E-state index in [2.05, 4.69) is 34.4 Å². The van der Waals surface area contributed by atoms with E-state index >= 15 is 0 Å². The Balaban J connectivity index is 2.12. The van der Waals surface area contributed by atoms with Gasteiger partial charge in [-0.05, 0) is 38.3 Å². The highest BCUT2D eigenvalue weighted by Crippen LogP contribution is 2.27. The zero-order chi connectivity index (χ0) is 16.7. The predicted molar refractivity (Wildman–Crippen MR) is 95.6 cm³/mol. The molecule has 0 saturated carbocycles. The molecule has 0 fully saturated rings. The van der Waals surface area contributed by atoms with Gasteiger partial charge in [0.15, 0.2) is 0 Å². The third kappa shape index (κ3) is 5.43. The molecule has 0 aliphatic heterocycles. The maximum absolute atomic E-state index is 5.64. The largest absolute Gasteiger partial charge is 0.492 e. The lowest BCUT2D eigenvalue weighted by Crippen LogP contribution is -2.09. The summed E-state index contributed by atoms with van der Waals surface area (Å²) in [6.45, 7) is 9.85. The van der Waals surface area contributed by atoms with Gasteiger partial charge in [-0.3, -0.25) is 0 Å². The Morgan fingerprint density at radius 3 is 2.70 bits per heavy atom. The second-order valence-electron chi connectivity index (χ2n) is 5.88. The molecule has 124 valence electrons. The molecular formula is C18H26N4O. The number of benzene rings is 1. The molecule has 1 aromatic heterocycles. The number of aryl methyl sites for hydroxylation is 1. The van der Waals surface area contributed by atoms with E-state index in [1.54, 1.807) is 0 Å².